The molecule has 0 N–H and O–H groups in total. The van der Waals surface area contributed by atoms with Crippen LogP contribution < -0.4 is 0 Å². The lowest BCUT2D eigenvalue weighted by Crippen LogP contribution is -2.59. The lowest BCUT2D eigenvalue weighted by atomic mass is 9.36. The summed E-state index contributed by atoms with van der Waals surface area (Å²) in [4.78, 5) is 29.6. The summed E-state index contributed by atoms with van der Waals surface area (Å²) in [7, 11) is 0. The Balaban J connectivity index is 1.00. The van der Waals surface area contributed by atoms with E-state index in [1.54, 1.807) is 33.0 Å². The highest BCUT2D eigenvalue weighted by Crippen LogP contribution is 2.84. The third-order valence-electron chi connectivity index (χ3n) is 24.9. The summed E-state index contributed by atoms with van der Waals surface area (Å²) >= 11 is 0. The summed E-state index contributed by atoms with van der Waals surface area (Å²) in [5.41, 5.74) is 20.3. The van der Waals surface area contributed by atoms with Crippen LogP contribution in [0.2, 0.25) is 0 Å². The molecule has 0 saturated heterocycles. The first kappa shape index (κ1) is 33.5. The molecule has 4 spiro atoms. The van der Waals surface area contributed by atoms with Gasteiger partial charge in [0.25, 0.3) is 0 Å². The molecule has 0 amide bonds. The van der Waals surface area contributed by atoms with E-state index in [-0.39, 0.29) is 10.8 Å². The molecule has 0 radical (unpaired) electrons. The third kappa shape index (κ3) is 2.96. The highest BCUT2D eigenvalue weighted by Gasteiger charge is 2.73. The Bertz CT molecular complexity index is 3770. The number of Topliss-reactive ketones (excluding diaryl/α,β-unsaturated/α-hetero) is 2. The minimum Gasteiger partial charge on any atom is -0.308 e. The fourth-order valence-corrected chi connectivity index (χ4v) is 22.6. The Morgan fingerprint density at radius 2 is 0.894 bits per heavy atom. The topological polar surface area (TPSA) is 43.0 Å². The molecule has 4 heterocycles. The minimum absolute atomic E-state index is 0.196. The van der Waals surface area contributed by atoms with Crippen molar-refractivity contribution in [2.75, 3.05) is 0 Å². The van der Waals surface area contributed by atoms with Gasteiger partial charge in [-0.05, 0) is 218 Å². The van der Waals surface area contributed by atoms with Crippen LogP contribution in [0.25, 0.3) is 76.2 Å². The van der Waals surface area contributed by atoms with Gasteiger partial charge < -0.3 is 8.80 Å². The number of benzene rings is 5. The van der Waals surface area contributed by atoms with Gasteiger partial charge in [0.15, 0.2) is 11.6 Å². The largest absolute Gasteiger partial charge is 0.308 e. The molecule has 12 aliphatic carbocycles. The van der Waals surface area contributed by atoms with Crippen molar-refractivity contribution in [1.29, 1.82) is 0 Å². The number of hydrogen-bond acceptors (Lipinski definition) is 2. The predicted molar refractivity (Wildman–Crippen MR) is 260 cm³/mol. The van der Waals surface area contributed by atoms with Gasteiger partial charge in [-0.15, -0.1) is 0 Å². The summed E-state index contributed by atoms with van der Waals surface area (Å²) in [6, 6.07) is 20.3. The van der Waals surface area contributed by atoms with Crippen LogP contribution in [-0.4, -0.2) is 20.4 Å². The predicted octanol–water partition coefficient (Wildman–Crippen LogP) is 14.6. The first-order valence-electron chi connectivity index (χ1n) is 27.0. The second kappa shape index (κ2) is 9.68. The number of fused-ring (bicyclic) bond motifs is 26. The van der Waals surface area contributed by atoms with Crippen molar-refractivity contribution >= 4 is 87.8 Å². The van der Waals surface area contributed by atoms with E-state index < -0.39 is 0 Å². The average Bonchev–Trinajstić information content (AvgIpc) is 4.19. The first-order chi connectivity index (χ1) is 32.4. The van der Waals surface area contributed by atoms with E-state index >= 15 is 0 Å². The first-order valence-corrected chi connectivity index (χ1v) is 27.0. The molecular weight excluding hydrogens is 805 g/mol. The Morgan fingerprint density at radius 3 is 1.33 bits per heavy atom. The summed E-state index contributed by atoms with van der Waals surface area (Å²) in [5, 5.41) is 11.8. The zero-order valence-corrected chi connectivity index (χ0v) is 37.7. The second-order valence-corrected chi connectivity index (χ2v) is 26.2. The zero-order chi connectivity index (χ0) is 42.0. The van der Waals surface area contributed by atoms with Crippen molar-refractivity contribution in [2.24, 2.45) is 45.3 Å². The second-order valence-electron chi connectivity index (χ2n) is 26.2. The van der Waals surface area contributed by atoms with Crippen LogP contribution in [0.15, 0.2) is 48.5 Å². The van der Waals surface area contributed by atoms with Crippen LogP contribution >= 0.6 is 0 Å². The van der Waals surface area contributed by atoms with Gasteiger partial charge in [-0.3, -0.25) is 9.59 Å². The smallest absolute Gasteiger partial charge is 0.169 e. The van der Waals surface area contributed by atoms with Crippen molar-refractivity contribution in [1.82, 2.24) is 8.80 Å². The van der Waals surface area contributed by atoms with E-state index in [0.29, 0.717) is 46.1 Å². The number of hydrogen-bond donors (Lipinski definition) is 0. The fraction of sp³-hybridized carbons (Fsp3) is 0.484. The molecule has 4 bridgehead atoms. The van der Waals surface area contributed by atoms with Crippen molar-refractivity contribution in [2.45, 2.75) is 139 Å². The monoisotopic (exact) mass is 856 g/mol. The SMILES string of the molecule is O=C1c2cc3c(cc2CC12CCCC2)c1c2c4c5c(ccc4n4c6cc7c(cc6c(c6c8c9c(ccc8n3c16)C1CC3CC6CC9C36C1)c24)CC1(CCCC1)C7=O)C1CC2CC3CC5C23C1. The number of carbonyl (C=O) groups is 2. The van der Waals surface area contributed by atoms with E-state index in [4.69, 9.17) is 0 Å². The van der Waals surface area contributed by atoms with E-state index in [1.165, 1.54) is 154 Å². The lowest BCUT2D eigenvalue weighted by molar-refractivity contribution is -0.146. The third-order valence-corrected chi connectivity index (χ3v) is 24.9. The number of rotatable bonds is 0. The summed E-state index contributed by atoms with van der Waals surface area (Å²) in [6.07, 6.45) is 22.0. The standard InChI is InChI=1S/C62H52N2O2/c65-57-37-21-45-39(15-29(37)23-59(57)9-1-2-10-59)49-53-52-44(8-6-36-28-14-32-18-34-20-42(48(36)52)62(32,34)26-28)64-46-22-38-30(24-60(58(38)66)11-3-4-12-60)16-40(46)50(56(53)64)54-51-43(63(45)55(49)54)7-5-35-27-13-31-17-33-19-41(47(35)51)61(31,33)25-27/h5-8,15-16,21-22,27-28,31-34,41-42H,1-4,9-14,17-20,23-26H2. The summed E-state index contributed by atoms with van der Waals surface area (Å²) < 4.78 is 5.48. The van der Waals surface area contributed by atoms with Crippen molar-refractivity contribution in [3.63, 3.8) is 0 Å². The molecule has 10 unspecified atom stereocenters. The van der Waals surface area contributed by atoms with E-state index in [0.717, 1.165) is 73.3 Å². The molecule has 4 heteroatoms. The molecule has 10 atom stereocenters. The Labute approximate surface area is 382 Å². The van der Waals surface area contributed by atoms with Crippen LogP contribution in [0.1, 0.15) is 181 Å². The van der Waals surface area contributed by atoms with Crippen LogP contribution in [0.4, 0.5) is 0 Å². The van der Waals surface area contributed by atoms with Gasteiger partial charge in [-0.25, -0.2) is 0 Å². The fourth-order valence-electron chi connectivity index (χ4n) is 22.6. The molecule has 5 aromatic carbocycles. The highest BCUT2D eigenvalue weighted by atomic mass is 16.1. The van der Waals surface area contributed by atoms with Crippen LogP contribution in [-0.2, 0) is 12.8 Å². The van der Waals surface area contributed by atoms with Crippen LogP contribution in [0, 0.1) is 45.3 Å². The normalized spacial score (nSPS) is 37.0. The Kier molecular flexibility index (Phi) is 4.91. The van der Waals surface area contributed by atoms with Crippen LogP contribution in [0.5, 0.6) is 0 Å². The number of carbonyl (C=O) groups excluding carboxylic acids is 2. The molecule has 0 aliphatic heterocycles. The molecule has 4 aromatic heterocycles. The molecule has 12 aliphatic rings. The van der Waals surface area contributed by atoms with Crippen molar-refractivity contribution in [3.8, 4) is 0 Å². The number of aromatic nitrogens is 2. The molecule has 4 nitrogen and oxygen atoms in total. The molecule has 66 heavy (non-hydrogen) atoms. The van der Waals surface area contributed by atoms with E-state index in [2.05, 4.69) is 57.3 Å². The maximum absolute atomic E-state index is 14.8. The molecule has 322 valence electrons. The van der Waals surface area contributed by atoms with Gasteiger partial charge in [0.1, 0.15) is 0 Å². The Morgan fingerprint density at radius 1 is 0.455 bits per heavy atom. The van der Waals surface area contributed by atoms with Gasteiger partial charge >= 0.3 is 0 Å². The minimum atomic E-state index is -0.196. The van der Waals surface area contributed by atoms with Gasteiger partial charge in [0.05, 0.1) is 33.1 Å². The lowest BCUT2D eigenvalue weighted by Gasteiger charge is -2.68. The van der Waals surface area contributed by atoms with Gasteiger partial charge in [-0.1, -0.05) is 37.8 Å². The van der Waals surface area contributed by atoms with E-state index in [9.17, 15) is 9.59 Å². The van der Waals surface area contributed by atoms with Gasteiger partial charge in [0.2, 0.25) is 0 Å². The molecule has 21 rings (SSSR count). The Hall–Kier alpha value is -4.96. The van der Waals surface area contributed by atoms with Gasteiger partial charge in [-0.2, -0.15) is 0 Å². The van der Waals surface area contributed by atoms with Gasteiger partial charge in [0, 0.05) is 65.0 Å². The number of ketones is 2. The van der Waals surface area contributed by atoms with E-state index in [1.807, 2.05) is 0 Å². The zero-order valence-electron chi connectivity index (χ0n) is 37.7. The molecule has 8 saturated carbocycles. The van der Waals surface area contributed by atoms with Crippen LogP contribution in [0.3, 0.4) is 0 Å². The average molecular weight is 857 g/mol. The van der Waals surface area contributed by atoms with Crippen molar-refractivity contribution < 1.29 is 9.59 Å². The van der Waals surface area contributed by atoms with Crippen molar-refractivity contribution in [3.05, 3.63) is 93.0 Å². The molecular formula is C62H52N2O2. The molecule has 8 fully saturated rings. The summed E-state index contributed by atoms with van der Waals surface area (Å²) in [5.74, 6) is 7.19. The molecule has 9 aromatic rings. The number of nitrogens with zero attached hydrogens (tertiary/aromatic N) is 2. The quantitative estimate of drug-likeness (QED) is 0.152. The summed E-state index contributed by atoms with van der Waals surface area (Å²) in [6.45, 7) is 0. The maximum atomic E-state index is 14.8. The maximum Gasteiger partial charge on any atom is 0.169 e. The highest BCUT2D eigenvalue weighted by molar-refractivity contribution is 6.46.